The zero-order valence-electron chi connectivity index (χ0n) is 34.6. The summed E-state index contributed by atoms with van der Waals surface area (Å²) in [5.41, 5.74) is 0. The van der Waals surface area contributed by atoms with Crippen LogP contribution in [-0.2, 0) is 28.6 Å². The highest BCUT2D eigenvalue weighted by atomic mass is 16.6. The van der Waals surface area contributed by atoms with Crippen molar-refractivity contribution in [3.63, 3.8) is 0 Å². The molecule has 0 rings (SSSR count). The van der Waals surface area contributed by atoms with Crippen molar-refractivity contribution in [2.24, 2.45) is 5.92 Å². The first-order chi connectivity index (χ1) is 24.9. The topological polar surface area (TPSA) is 78.9 Å². The quantitative estimate of drug-likeness (QED) is 0.0356. The van der Waals surface area contributed by atoms with Gasteiger partial charge < -0.3 is 14.2 Å². The van der Waals surface area contributed by atoms with Gasteiger partial charge in [-0.15, -0.1) is 0 Å². The van der Waals surface area contributed by atoms with Gasteiger partial charge in [0, 0.05) is 19.3 Å². The van der Waals surface area contributed by atoms with E-state index in [0.29, 0.717) is 19.3 Å². The summed E-state index contributed by atoms with van der Waals surface area (Å²) in [5, 5.41) is 0. The number of hydrogen-bond donors (Lipinski definition) is 0. The second-order valence-electron chi connectivity index (χ2n) is 15.8. The summed E-state index contributed by atoms with van der Waals surface area (Å²) in [5.74, 6) is -0.0615. The van der Waals surface area contributed by atoms with Crippen molar-refractivity contribution in [3.05, 3.63) is 0 Å². The van der Waals surface area contributed by atoms with Gasteiger partial charge in [-0.1, -0.05) is 207 Å². The highest BCUT2D eigenvalue weighted by molar-refractivity contribution is 5.71. The first-order valence-corrected chi connectivity index (χ1v) is 22.4. The van der Waals surface area contributed by atoms with Crippen molar-refractivity contribution < 1.29 is 28.6 Å². The Kier molecular flexibility index (Phi) is 38.4. The van der Waals surface area contributed by atoms with Crippen molar-refractivity contribution in [2.45, 2.75) is 252 Å². The fraction of sp³-hybridized carbons (Fsp3) is 0.933. The van der Waals surface area contributed by atoms with Gasteiger partial charge >= 0.3 is 17.9 Å². The van der Waals surface area contributed by atoms with Crippen LogP contribution in [-0.4, -0.2) is 37.2 Å². The van der Waals surface area contributed by atoms with Crippen molar-refractivity contribution in [2.75, 3.05) is 13.2 Å². The normalized spacial score (nSPS) is 11.9. The van der Waals surface area contributed by atoms with Crippen molar-refractivity contribution in [1.82, 2.24) is 0 Å². The van der Waals surface area contributed by atoms with E-state index in [0.717, 1.165) is 63.7 Å². The number of unbranched alkanes of at least 4 members (excludes halogenated alkanes) is 27. The third-order valence-electron chi connectivity index (χ3n) is 10.0. The monoisotopic (exact) mass is 723 g/mol. The Morgan fingerprint density at radius 1 is 0.373 bits per heavy atom. The minimum atomic E-state index is -0.758. The number of rotatable bonds is 40. The van der Waals surface area contributed by atoms with E-state index in [2.05, 4.69) is 27.7 Å². The number of hydrogen-bond acceptors (Lipinski definition) is 6. The second kappa shape index (κ2) is 39.6. The molecule has 302 valence electrons. The maximum Gasteiger partial charge on any atom is 0.306 e. The SMILES string of the molecule is CCCCCCCCCCCCCCC(=O)OC[C@H](COC(=O)CCCCCCCCCCC(C)C)OC(=O)CCCCCCCCCCCC. The number of carbonyl (C=O) groups is 3. The molecule has 1 atom stereocenters. The molecule has 51 heavy (non-hydrogen) atoms. The summed E-state index contributed by atoms with van der Waals surface area (Å²) in [7, 11) is 0. The Morgan fingerprint density at radius 2 is 0.647 bits per heavy atom. The molecule has 0 amide bonds. The molecule has 0 saturated carbocycles. The van der Waals surface area contributed by atoms with E-state index in [1.807, 2.05) is 0 Å². The molecular weight excluding hydrogens is 636 g/mol. The van der Waals surface area contributed by atoms with Crippen LogP contribution < -0.4 is 0 Å². The molecule has 0 aliphatic rings. The van der Waals surface area contributed by atoms with Crippen LogP contribution in [0.15, 0.2) is 0 Å². The Morgan fingerprint density at radius 3 is 0.961 bits per heavy atom. The fourth-order valence-electron chi connectivity index (χ4n) is 6.63. The van der Waals surface area contributed by atoms with E-state index in [4.69, 9.17) is 14.2 Å². The van der Waals surface area contributed by atoms with Crippen molar-refractivity contribution in [1.29, 1.82) is 0 Å². The van der Waals surface area contributed by atoms with Gasteiger partial charge in [0.2, 0.25) is 0 Å². The summed E-state index contributed by atoms with van der Waals surface area (Å²) in [4.78, 5) is 37.6. The maximum absolute atomic E-state index is 12.7. The lowest BCUT2D eigenvalue weighted by Gasteiger charge is -2.18. The Hall–Kier alpha value is -1.59. The molecule has 0 aromatic heterocycles. The van der Waals surface area contributed by atoms with Gasteiger partial charge in [0.25, 0.3) is 0 Å². The van der Waals surface area contributed by atoms with E-state index in [1.54, 1.807) is 0 Å². The van der Waals surface area contributed by atoms with Crippen LogP contribution in [0.4, 0.5) is 0 Å². The zero-order chi connectivity index (χ0) is 37.5. The highest BCUT2D eigenvalue weighted by Crippen LogP contribution is 2.16. The Labute approximate surface area is 317 Å². The van der Waals surface area contributed by atoms with Crippen LogP contribution in [0.3, 0.4) is 0 Å². The molecule has 0 heterocycles. The second-order valence-corrected chi connectivity index (χ2v) is 15.8. The molecule has 6 heteroatoms. The molecule has 0 aliphatic carbocycles. The van der Waals surface area contributed by atoms with Crippen LogP contribution >= 0.6 is 0 Å². The molecule has 0 N–H and O–H groups in total. The van der Waals surface area contributed by atoms with Gasteiger partial charge in [-0.05, 0) is 25.2 Å². The summed E-state index contributed by atoms with van der Waals surface area (Å²) in [6, 6.07) is 0. The molecule has 0 bridgehead atoms. The van der Waals surface area contributed by atoms with E-state index in [-0.39, 0.29) is 31.1 Å². The van der Waals surface area contributed by atoms with E-state index in [9.17, 15) is 14.4 Å². The average Bonchev–Trinajstić information content (AvgIpc) is 3.11. The molecular formula is C45H86O6. The van der Waals surface area contributed by atoms with Crippen LogP contribution in [0.25, 0.3) is 0 Å². The predicted molar refractivity (Wildman–Crippen MR) is 215 cm³/mol. The van der Waals surface area contributed by atoms with Gasteiger partial charge in [-0.3, -0.25) is 14.4 Å². The Balaban J connectivity index is 4.33. The van der Waals surface area contributed by atoms with E-state index >= 15 is 0 Å². The zero-order valence-corrected chi connectivity index (χ0v) is 34.6. The minimum absolute atomic E-state index is 0.0642. The average molecular weight is 723 g/mol. The van der Waals surface area contributed by atoms with Gasteiger partial charge in [-0.25, -0.2) is 0 Å². The molecule has 0 aromatic carbocycles. The fourth-order valence-corrected chi connectivity index (χ4v) is 6.63. The van der Waals surface area contributed by atoms with Crippen LogP contribution in [0.5, 0.6) is 0 Å². The number of esters is 3. The molecule has 0 spiro atoms. The van der Waals surface area contributed by atoms with Crippen LogP contribution in [0, 0.1) is 5.92 Å². The first-order valence-electron chi connectivity index (χ1n) is 22.4. The third kappa shape index (κ3) is 39.5. The molecule has 6 nitrogen and oxygen atoms in total. The first kappa shape index (κ1) is 49.4. The highest BCUT2D eigenvalue weighted by Gasteiger charge is 2.19. The van der Waals surface area contributed by atoms with Gasteiger partial charge in [0.1, 0.15) is 13.2 Å². The van der Waals surface area contributed by atoms with Crippen molar-refractivity contribution in [3.8, 4) is 0 Å². The molecule has 0 radical (unpaired) electrons. The summed E-state index contributed by atoms with van der Waals surface area (Å²) >= 11 is 0. The third-order valence-corrected chi connectivity index (χ3v) is 10.0. The van der Waals surface area contributed by atoms with Crippen LogP contribution in [0.1, 0.15) is 246 Å². The van der Waals surface area contributed by atoms with E-state index in [1.165, 1.54) is 141 Å². The molecule has 0 aromatic rings. The molecule has 0 fully saturated rings. The Bertz CT molecular complexity index is 766. The van der Waals surface area contributed by atoms with Crippen LogP contribution in [0.2, 0.25) is 0 Å². The molecule has 0 saturated heterocycles. The lowest BCUT2D eigenvalue weighted by molar-refractivity contribution is -0.167. The lowest BCUT2D eigenvalue weighted by atomic mass is 10.0. The summed E-state index contributed by atoms with van der Waals surface area (Å²) in [6.07, 6.45) is 38.0. The number of carbonyl (C=O) groups excluding carboxylic acids is 3. The molecule has 0 aliphatic heterocycles. The lowest BCUT2D eigenvalue weighted by Crippen LogP contribution is -2.30. The number of ether oxygens (including phenoxy) is 3. The minimum Gasteiger partial charge on any atom is -0.462 e. The van der Waals surface area contributed by atoms with Gasteiger partial charge in [-0.2, -0.15) is 0 Å². The summed E-state index contributed by atoms with van der Waals surface area (Å²) < 4.78 is 16.7. The standard InChI is InChI=1S/C45H86O6/c1-5-7-9-11-13-15-17-18-20-24-28-32-36-43(46)49-39-42(51-45(48)38-34-30-26-19-16-14-12-10-8-6-2)40-50-44(47)37-33-29-25-22-21-23-27-31-35-41(3)4/h41-42H,5-40H2,1-4H3/t42-/m1/s1. The smallest absolute Gasteiger partial charge is 0.306 e. The largest absolute Gasteiger partial charge is 0.462 e. The maximum atomic E-state index is 12.7. The van der Waals surface area contributed by atoms with Gasteiger partial charge in [0.15, 0.2) is 6.10 Å². The van der Waals surface area contributed by atoms with Gasteiger partial charge in [0.05, 0.1) is 0 Å². The predicted octanol–water partition coefficient (Wildman–Crippen LogP) is 13.9. The summed E-state index contributed by atoms with van der Waals surface area (Å²) in [6.45, 7) is 8.94. The van der Waals surface area contributed by atoms with Crippen molar-refractivity contribution >= 4 is 17.9 Å². The molecule has 0 unspecified atom stereocenters. The van der Waals surface area contributed by atoms with E-state index < -0.39 is 6.10 Å².